The molecule has 0 heterocycles. The van der Waals surface area contributed by atoms with E-state index < -0.39 is 0 Å². The summed E-state index contributed by atoms with van der Waals surface area (Å²) in [6.07, 6.45) is 12.9. The highest BCUT2D eigenvalue weighted by molar-refractivity contribution is 5.28. The lowest BCUT2D eigenvalue weighted by molar-refractivity contribution is 0.113. The van der Waals surface area contributed by atoms with Crippen molar-refractivity contribution in [3.8, 4) is 5.75 Å². The molecule has 1 heteroatoms. The Bertz CT molecular complexity index is 436. The topological polar surface area (TPSA) is 20.2 Å². The van der Waals surface area contributed by atoms with Crippen molar-refractivity contribution >= 4 is 0 Å². The minimum atomic E-state index is 0.392. The fourth-order valence-electron chi connectivity index (χ4n) is 4.79. The van der Waals surface area contributed by atoms with E-state index in [0.717, 1.165) is 23.7 Å². The second kappa shape index (κ2) is 6.85. The number of phenolic OH excluding ortho intramolecular Hbond substituents is 1. The van der Waals surface area contributed by atoms with E-state index in [1.807, 2.05) is 12.1 Å². The minimum Gasteiger partial charge on any atom is -0.508 e. The van der Waals surface area contributed by atoms with Crippen LogP contribution >= 0.6 is 0 Å². The van der Waals surface area contributed by atoms with Crippen LogP contribution in [0.5, 0.6) is 5.75 Å². The molecule has 1 N–H and O–H groups in total. The second-order valence-corrected chi connectivity index (χ2v) is 7.44. The van der Waals surface area contributed by atoms with Gasteiger partial charge in [0, 0.05) is 0 Å². The molecule has 2 saturated carbocycles. The Morgan fingerprint density at radius 1 is 0.952 bits per heavy atom. The number of hydrogen-bond acceptors (Lipinski definition) is 1. The zero-order chi connectivity index (χ0) is 14.7. The van der Waals surface area contributed by atoms with Crippen molar-refractivity contribution in [2.45, 2.75) is 70.6 Å². The lowest BCUT2D eigenvalue weighted by Gasteiger charge is -2.42. The van der Waals surface area contributed by atoms with Crippen LogP contribution in [0, 0.1) is 17.8 Å². The van der Waals surface area contributed by atoms with Gasteiger partial charge in [-0.1, -0.05) is 44.7 Å². The van der Waals surface area contributed by atoms with Crippen LogP contribution in [-0.2, 0) is 0 Å². The first-order valence-electron chi connectivity index (χ1n) is 9.05. The Labute approximate surface area is 129 Å². The highest BCUT2D eigenvalue weighted by Gasteiger charge is 2.35. The smallest absolute Gasteiger partial charge is 0.115 e. The van der Waals surface area contributed by atoms with Gasteiger partial charge in [-0.25, -0.2) is 0 Å². The van der Waals surface area contributed by atoms with Crippen LogP contribution in [0.1, 0.15) is 76.2 Å². The van der Waals surface area contributed by atoms with E-state index in [2.05, 4.69) is 19.1 Å². The van der Waals surface area contributed by atoms with Gasteiger partial charge in [0.2, 0.25) is 0 Å². The normalized spacial score (nSPS) is 32.6. The molecule has 1 nitrogen and oxygen atoms in total. The van der Waals surface area contributed by atoms with Crippen LogP contribution in [0.4, 0.5) is 0 Å². The lowest BCUT2D eigenvalue weighted by atomic mass is 9.63. The van der Waals surface area contributed by atoms with Crippen molar-refractivity contribution in [2.75, 3.05) is 0 Å². The molecular weight excluding hydrogens is 256 g/mol. The third-order valence-corrected chi connectivity index (χ3v) is 6.05. The molecule has 0 amide bonds. The summed E-state index contributed by atoms with van der Waals surface area (Å²) in [6.45, 7) is 2.31. The molecule has 3 rings (SSSR count). The van der Waals surface area contributed by atoms with Gasteiger partial charge >= 0.3 is 0 Å². The number of unbranched alkanes of at least 4 members (excludes halogenated alkanes) is 1. The van der Waals surface area contributed by atoms with Gasteiger partial charge in [-0.3, -0.25) is 0 Å². The maximum Gasteiger partial charge on any atom is 0.115 e. The average Bonchev–Trinajstić information content (AvgIpc) is 2.53. The number of rotatable bonds is 4. The van der Waals surface area contributed by atoms with E-state index in [0.29, 0.717) is 5.75 Å². The fourth-order valence-corrected chi connectivity index (χ4v) is 4.79. The third-order valence-electron chi connectivity index (χ3n) is 6.05. The van der Waals surface area contributed by atoms with Crippen LogP contribution in [0.25, 0.3) is 0 Å². The van der Waals surface area contributed by atoms with Gasteiger partial charge in [-0.15, -0.1) is 0 Å². The van der Waals surface area contributed by atoms with Crippen molar-refractivity contribution in [1.29, 1.82) is 0 Å². The van der Waals surface area contributed by atoms with Crippen molar-refractivity contribution in [2.24, 2.45) is 17.8 Å². The van der Waals surface area contributed by atoms with Crippen molar-refractivity contribution in [1.82, 2.24) is 0 Å². The molecule has 21 heavy (non-hydrogen) atoms. The molecule has 0 aliphatic heterocycles. The van der Waals surface area contributed by atoms with Gasteiger partial charge in [0.25, 0.3) is 0 Å². The first kappa shape index (κ1) is 14.9. The molecule has 116 valence electrons. The number of fused-ring (bicyclic) bond motifs is 1. The summed E-state index contributed by atoms with van der Waals surface area (Å²) in [4.78, 5) is 0. The molecule has 1 aromatic rings. The Morgan fingerprint density at radius 2 is 1.67 bits per heavy atom. The molecule has 0 saturated heterocycles. The zero-order valence-corrected chi connectivity index (χ0v) is 13.4. The standard InChI is InChI=1S/C20H30O/c1-2-3-4-15-5-6-19-14-18(8-7-17(19)13-15)16-9-11-20(21)12-10-16/h9-12,15,17-19,21H,2-8,13-14H2,1H3. The van der Waals surface area contributed by atoms with Crippen LogP contribution < -0.4 is 0 Å². The van der Waals surface area contributed by atoms with Crippen LogP contribution in [0.2, 0.25) is 0 Å². The van der Waals surface area contributed by atoms with Gasteiger partial charge < -0.3 is 5.11 Å². The number of aromatic hydroxyl groups is 1. The predicted molar refractivity (Wildman–Crippen MR) is 88.5 cm³/mol. The zero-order valence-electron chi connectivity index (χ0n) is 13.4. The summed E-state index contributed by atoms with van der Waals surface area (Å²) in [5, 5.41) is 9.44. The first-order valence-corrected chi connectivity index (χ1v) is 9.05. The second-order valence-electron chi connectivity index (χ2n) is 7.44. The van der Waals surface area contributed by atoms with Crippen molar-refractivity contribution < 1.29 is 5.11 Å². The third kappa shape index (κ3) is 3.62. The largest absolute Gasteiger partial charge is 0.508 e. The fraction of sp³-hybridized carbons (Fsp3) is 0.700. The maximum absolute atomic E-state index is 9.44. The Hall–Kier alpha value is -0.980. The molecular formula is C20H30O. The summed E-state index contributed by atoms with van der Waals surface area (Å²) < 4.78 is 0. The Kier molecular flexibility index (Phi) is 4.87. The Morgan fingerprint density at radius 3 is 2.43 bits per heavy atom. The average molecular weight is 286 g/mol. The van der Waals surface area contributed by atoms with Gasteiger partial charge in [0.1, 0.15) is 5.75 Å². The summed E-state index contributed by atoms with van der Waals surface area (Å²) in [7, 11) is 0. The molecule has 4 unspecified atom stereocenters. The molecule has 2 aliphatic carbocycles. The maximum atomic E-state index is 9.44. The van der Waals surface area contributed by atoms with Crippen molar-refractivity contribution in [3.63, 3.8) is 0 Å². The van der Waals surface area contributed by atoms with Gasteiger partial charge in [-0.05, 0) is 73.5 Å². The highest BCUT2D eigenvalue weighted by Crippen LogP contribution is 2.48. The number of hydrogen-bond donors (Lipinski definition) is 1. The molecule has 4 atom stereocenters. The van der Waals surface area contributed by atoms with E-state index in [1.54, 1.807) is 0 Å². The first-order chi connectivity index (χ1) is 10.3. The number of benzene rings is 1. The monoisotopic (exact) mass is 286 g/mol. The van der Waals surface area contributed by atoms with E-state index in [-0.39, 0.29) is 0 Å². The van der Waals surface area contributed by atoms with Crippen LogP contribution in [0.3, 0.4) is 0 Å². The van der Waals surface area contributed by atoms with Gasteiger partial charge in [-0.2, -0.15) is 0 Å². The minimum absolute atomic E-state index is 0.392. The van der Waals surface area contributed by atoms with Gasteiger partial charge in [0.05, 0.1) is 0 Å². The molecule has 2 aliphatic rings. The summed E-state index contributed by atoms with van der Waals surface area (Å²) in [5.41, 5.74) is 1.44. The van der Waals surface area contributed by atoms with Gasteiger partial charge in [0.15, 0.2) is 0 Å². The van der Waals surface area contributed by atoms with E-state index >= 15 is 0 Å². The summed E-state index contributed by atoms with van der Waals surface area (Å²) >= 11 is 0. The molecule has 0 radical (unpaired) electrons. The van der Waals surface area contributed by atoms with E-state index in [1.165, 1.54) is 63.4 Å². The molecule has 0 bridgehead atoms. The quantitative estimate of drug-likeness (QED) is 0.732. The SMILES string of the molecule is CCCCC1CCC2CC(c3ccc(O)cc3)CCC2C1. The van der Waals surface area contributed by atoms with E-state index in [9.17, 15) is 5.11 Å². The highest BCUT2D eigenvalue weighted by atomic mass is 16.3. The molecule has 1 aromatic carbocycles. The van der Waals surface area contributed by atoms with Crippen LogP contribution in [0.15, 0.2) is 24.3 Å². The van der Waals surface area contributed by atoms with Crippen molar-refractivity contribution in [3.05, 3.63) is 29.8 Å². The molecule has 0 aromatic heterocycles. The Balaban J connectivity index is 1.56. The number of phenols is 1. The van der Waals surface area contributed by atoms with Crippen LogP contribution in [-0.4, -0.2) is 5.11 Å². The summed E-state index contributed by atoms with van der Waals surface area (Å²) in [5.74, 6) is 4.13. The lowest BCUT2D eigenvalue weighted by Crippen LogP contribution is -2.30. The molecule has 2 fully saturated rings. The van der Waals surface area contributed by atoms with E-state index in [4.69, 9.17) is 0 Å². The predicted octanol–water partition coefficient (Wildman–Crippen LogP) is 5.88. The molecule has 0 spiro atoms. The summed E-state index contributed by atoms with van der Waals surface area (Å²) in [6, 6.07) is 7.96.